The lowest BCUT2D eigenvalue weighted by atomic mass is 10.3. The zero-order valence-electron chi connectivity index (χ0n) is 12.2. The molecule has 0 saturated carbocycles. The quantitative estimate of drug-likeness (QED) is 0.762. The van der Waals surface area contributed by atoms with Crippen molar-refractivity contribution in [3.8, 4) is 11.6 Å². The van der Waals surface area contributed by atoms with E-state index in [4.69, 9.17) is 4.74 Å². The van der Waals surface area contributed by atoms with Crippen LogP contribution in [0.2, 0.25) is 0 Å². The van der Waals surface area contributed by atoms with Crippen LogP contribution in [-0.2, 0) is 0 Å². The molecule has 0 spiro atoms. The highest BCUT2D eigenvalue weighted by Crippen LogP contribution is 2.21. The van der Waals surface area contributed by atoms with Crippen molar-refractivity contribution >= 4 is 27.5 Å². The Kier molecular flexibility index (Phi) is 4.38. The van der Waals surface area contributed by atoms with Gasteiger partial charge in [0.2, 0.25) is 5.88 Å². The van der Waals surface area contributed by atoms with E-state index in [0.29, 0.717) is 17.1 Å². The molecule has 0 aliphatic rings. The highest BCUT2D eigenvalue weighted by atomic mass is 79.9. The highest BCUT2D eigenvalue weighted by Gasteiger charge is 2.12. The largest absolute Gasteiger partial charge is 0.480 e. The monoisotopic (exact) mass is 372 g/mol. The van der Waals surface area contributed by atoms with E-state index < -0.39 is 0 Å². The van der Waals surface area contributed by atoms with Gasteiger partial charge in [0.1, 0.15) is 5.69 Å². The molecular formula is C16H13BrN4O2. The summed E-state index contributed by atoms with van der Waals surface area (Å²) in [6, 6.07) is 11.1. The number of amides is 1. The SMILES string of the molecule is COc1ncccc1NC(=O)c1cnn(-c2cccc(Br)c2)c1. The van der Waals surface area contributed by atoms with E-state index in [0.717, 1.165) is 10.2 Å². The van der Waals surface area contributed by atoms with Gasteiger partial charge in [-0.15, -0.1) is 0 Å². The van der Waals surface area contributed by atoms with E-state index in [9.17, 15) is 4.79 Å². The Bertz CT molecular complexity index is 847. The summed E-state index contributed by atoms with van der Waals surface area (Å²) in [5.74, 6) is 0.0813. The van der Waals surface area contributed by atoms with Gasteiger partial charge in [-0.1, -0.05) is 22.0 Å². The molecule has 0 fully saturated rings. The summed E-state index contributed by atoms with van der Waals surface area (Å²) >= 11 is 3.41. The fourth-order valence-corrected chi connectivity index (χ4v) is 2.43. The molecule has 3 rings (SSSR count). The lowest BCUT2D eigenvalue weighted by Gasteiger charge is -2.07. The third-order valence-electron chi connectivity index (χ3n) is 3.13. The predicted molar refractivity (Wildman–Crippen MR) is 90.0 cm³/mol. The summed E-state index contributed by atoms with van der Waals surface area (Å²) in [7, 11) is 1.50. The van der Waals surface area contributed by atoms with Crippen LogP contribution in [0.15, 0.2) is 59.5 Å². The number of hydrogen-bond acceptors (Lipinski definition) is 4. The molecule has 3 aromatic rings. The first kappa shape index (κ1) is 15.2. The number of nitrogens with zero attached hydrogens (tertiary/aromatic N) is 3. The molecule has 0 atom stereocenters. The molecule has 23 heavy (non-hydrogen) atoms. The van der Waals surface area contributed by atoms with Crippen molar-refractivity contribution in [1.82, 2.24) is 14.8 Å². The van der Waals surface area contributed by atoms with Crippen molar-refractivity contribution in [3.05, 3.63) is 65.0 Å². The number of ether oxygens (including phenoxy) is 1. The van der Waals surface area contributed by atoms with Crippen molar-refractivity contribution in [2.24, 2.45) is 0 Å². The van der Waals surface area contributed by atoms with Gasteiger partial charge in [0.15, 0.2) is 0 Å². The van der Waals surface area contributed by atoms with Crippen molar-refractivity contribution in [1.29, 1.82) is 0 Å². The van der Waals surface area contributed by atoms with Gasteiger partial charge in [0.05, 0.1) is 24.6 Å². The number of nitrogens with one attached hydrogen (secondary N) is 1. The molecule has 0 unspecified atom stereocenters. The molecule has 0 radical (unpaired) electrons. The molecule has 7 heteroatoms. The van der Waals surface area contributed by atoms with Gasteiger partial charge >= 0.3 is 0 Å². The van der Waals surface area contributed by atoms with Crippen LogP contribution >= 0.6 is 15.9 Å². The van der Waals surface area contributed by atoms with Crippen LogP contribution in [0.3, 0.4) is 0 Å². The zero-order valence-corrected chi connectivity index (χ0v) is 13.8. The van der Waals surface area contributed by atoms with Gasteiger partial charge in [-0.05, 0) is 30.3 Å². The fraction of sp³-hybridized carbons (Fsp3) is 0.0625. The Morgan fingerprint density at radius 3 is 2.96 bits per heavy atom. The van der Waals surface area contributed by atoms with Gasteiger partial charge < -0.3 is 10.1 Å². The summed E-state index contributed by atoms with van der Waals surface area (Å²) in [4.78, 5) is 16.4. The van der Waals surface area contributed by atoms with Crippen LogP contribution in [-0.4, -0.2) is 27.8 Å². The summed E-state index contributed by atoms with van der Waals surface area (Å²) in [6.07, 6.45) is 4.78. The first-order chi connectivity index (χ1) is 11.2. The lowest BCUT2D eigenvalue weighted by Crippen LogP contribution is -2.12. The van der Waals surface area contributed by atoms with Crippen molar-refractivity contribution < 1.29 is 9.53 Å². The van der Waals surface area contributed by atoms with E-state index in [1.807, 2.05) is 24.3 Å². The lowest BCUT2D eigenvalue weighted by molar-refractivity contribution is 0.102. The Balaban J connectivity index is 1.81. The van der Waals surface area contributed by atoms with Crippen molar-refractivity contribution in [3.63, 3.8) is 0 Å². The van der Waals surface area contributed by atoms with Crippen LogP contribution in [0.5, 0.6) is 5.88 Å². The van der Waals surface area contributed by atoms with E-state index in [-0.39, 0.29) is 5.91 Å². The number of halogens is 1. The molecule has 1 amide bonds. The van der Waals surface area contributed by atoms with E-state index in [1.165, 1.54) is 13.3 Å². The maximum atomic E-state index is 12.3. The Hall–Kier alpha value is -2.67. The van der Waals surface area contributed by atoms with Gasteiger partial charge in [-0.2, -0.15) is 5.10 Å². The van der Waals surface area contributed by atoms with Gasteiger partial charge in [0.25, 0.3) is 5.91 Å². The van der Waals surface area contributed by atoms with Gasteiger partial charge in [-0.3, -0.25) is 4.79 Å². The molecule has 0 aliphatic heterocycles. The van der Waals surface area contributed by atoms with E-state index >= 15 is 0 Å². The summed E-state index contributed by atoms with van der Waals surface area (Å²) < 4.78 is 7.70. The first-order valence-electron chi connectivity index (χ1n) is 6.78. The molecular weight excluding hydrogens is 360 g/mol. The third kappa shape index (κ3) is 3.40. The average molecular weight is 373 g/mol. The number of aromatic nitrogens is 3. The topological polar surface area (TPSA) is 69.0 Å². The van der Waals surface area contributed by atoms with Crippen LogP contribution in [0.1, 0.15) is 10.4 Å². The van der Waals surface area contributed by atoms with Crippen LogP contribution in [0, 0.1) is 0 Å². The minimum Gasteiger partial charge on any atom is -0.480 e. The third-order valence-corrected chi connectivity index (χ3v) is 3.62. The zero-order chi connectivity index (χ0) is 16.2. The molecule has 1 N–H and O–H groups in total. The van der Waals surface area contributed by atoms with Crippen LogP contribution in [0.25, 0.3) is 5.69 Å². The number of rotatable bonds is 4. The van der Waals surface area contributed by atoms with Gasteiger partial charge in [0, 0.05) is 16.9 Å². The van der Waals surface area contributed by atoms with E-state index in [1.54, 1.807) is 29.2 Å². The smallest absolute Gasteiger partial charge is 0.259 e. The number of benzene rings is 1. The van der Waals surface area contributed by atoms with Gasteiger partial charge in [-0.25, -0.2) is 9.67 Å². The number of methoxy groups -OCH3 is 1. The van der Waals surface area contributed by atoms with E-state index in [2.05, 4.69) is 31.3 Å². The fourth-order valence-electron chi connectivity index (χ4n) is 2.04. The summed E-state index contributed by atoms with van der Waals surface area (Å²) in [6.45, 7) is 0. The maximum Gasteiger partial charge on any atom is 0.259 e. The number of anilines is 1. The second-order valence-electron chi connectivity index (χ2n) is 4.67. The molecule has 0 bridgehead atoms. The first-order valence-corrected chi connectivity index (χ1v) is 7.57. The number of pyridine rings is 1. The summed E-state index contributed by atoms with van der Waals surface area (Å²) in [5.41, 5.74) is 1.81. The normalized spacial score (nSPS) is 10.3. The molecule has 1 aromatic carbocycles. The second kappa shape index (κ2) is 6.62. The molecule has 0 aliphatic carbocycles. The predicted octanol–water partition coefficient (Wildman–Crippen LogP) is 3.29. The van der Waals surface area contributed by atoms with Crippen molar-refractivity contribution in [2.75, 3.05) is 12.4 Å². The second-order valence-corrected chi connectivity index (χ2v) is 5.58. The minimum atomic E-state index is -0.280. The molecule has 2 aromatic heterocycles. The Labute approximate surface area is 141 Å². The number of hydrogen-bond donors (Lipinski definition) is 1. The highest BCUT2D eigenvalue weighted by molar-refractivity contribution is 9.10. The van der Waals surface area contributed by atoms with Crippen LogP contribution < -0.4 is 10.1 Å². The Morgan fingerprint density at radius 1 is 1.30 bits per heavy atom. The number of carbonyl (C=O) groups excluding carboxylic acids is 1. The minimum absolute atomic E-state index is 0.280. The average Bonchev–Trinajstić information content (AvgIpc) is 3.05. The molecule has 116 valence electrons. The van der Waals surface area contributed by atoms with Crippen molar-refractivity contribution in [2.45, 2.75) is 0 Å². The molecule has 6 nitrogen and oxygen atoms in total. The standard InChI is InChI=1S/C16H13BrN4O2/c1-23-16-14(6-3-7-18-16)20-15(22)11-9-19-21(10-11)13-5-2-4-12(17)8-13/h2-10H,1H3,(H,20,22). The molecule has 0 saturated heterocycles. The maximum absolute atomic E-state index is 12.3. The number of carbonyl (C=O) groups is 1. The summed E-state index contributed by atoms with van der Waals surface area (Å²) in [5, 5.41) is 6.99. The van der Waals surface area contributed by atoms with Crippen LogP contribution in [0.4, 0.5) is 5.69 Å². The Morgan fingerprint density at radius 2 is 2.17 bits per heavy atom. The molecule has 2 heterocycles.